The van der Waals surface area contributed by atoms with Crippen molar-refractivity contribution in [1.82, 2.24) is 5.32 Å². The monoisotopic (exact) mass is 338 g/mol. The van der Waals surface area contributed by atoms with Gasteiger partial charge in [0, 0.05) is 11.9 Å². The number of sulfone groups is 1. The lowest BCUT2D eigenvalue weighted by Gasteiger charge is -2.34. The molecule has 1 fully saturated rings. The van der Waals surface area contributed by atoms with Gasteiger partial charge in [0.1, 0.15) is 5.75 Å². The molecular formula is C16H22N2O4S. The molecule has 1 aromatic carbocycles. The van der Waals surface area contributed by atoms with Crippen LogP contribution in [0.3, 0.4) is 0 Å². The Morgan fingerprint density at radius 2 is 2.04 bits per heavy atom. The lowest BCUT2D eigenvalue weighted by Crippen LogP contribution is -2.55. The molecule has 2 aliphatic rings. The number of hydrogen-bond donors (Lipinski definition) is 2. The van der Waals surface area contributed by atoms with Crippen LogP contribution < -0.4 is 15.4 Å². The predicted molar refractivity (Wildman–Crippen MR) is 88.6 cm³/mol. The fraction of sp³-hybridized carbons (Fsp3) is 0.562. The Morgan fingerprint density at radius 1 is 1.30 bits per heavy atom. The summed E-state index contributed by atoms with van der Waals surface area (Å²) in [5, 5.41) is 5.92. The van der Waals surface area contributed by atoms with E-state index in [1.54, 1.807) is 6.07 Å². The van der Waals surface area contributed by atoms with Crippen molar-refractivity contribution in [2.45, 2.75) is 30.4 Å². The fourth-order valence-corrected chi connectivity index (χ4v) is 4.61. The number of fused-ring (bicyclic) bond motifs is 1. The van der Waals surface area contributed by atoms with E-state index in [2.05, 4.69) is 10.6 Å². The lowest BCUT2D eigenvalue weighted by atomic mass is 9.95. The molecule has 7 heteroatoms. The van der Waals surface area contributed by atoms with Crippen LogP contribution in [0.15, 0.2) is 18.2 Å². The average Bonchev–Trinajstić information content (AvgIpc) is 2.54. The van der Waals surface area contributed by atoms with Gasteiger partial charge in [-0.15, -0.1) is 0 Å². The summed E-state index contributed by atoms with van der Waals surface area (Å²) < 4.78 is 28.7. The summed E-state index contributed by atoms with van der Waals surface area (Å²) >= 11 is 0. The van der Waals surface area contributed by atoms with Crippen LogP contribution in [0, 0.1) is 0 Å². The minimum absolute atomic E-state index is 0.297. The van der Waals surface area contributed by atoms with E-state index in [1.165, 1.54) is 0 Å². The maximum absolute atomic E-state index is 12.8. The van der Waals surface area contributed by atoms with E-state index in [9.17, 15) is 13.2 Å². The minimum Gasteiger partial charge on any atom is -0.493 e. The quantitative estimate of drug-likeness (QED) is 0.863. The highest BCUT2D eigenvalue weighted by molar-refractivity contribution is 7.92. The van der Waals surface area contributed by atoms with Crippen LogP contribution >= 0.6 is 0 Å². The van der Waals surface area contributed by atoms with Crippen molar-refractivity contribution >= 4 is 21.4 Å². The van der Waals surface area contributed by atoms with Gasteiger partial charge in [0.15, 0.2) is 14.6 Å². The molecule has 0 spiro atoms. The largest absolute Gasteiger partial charge is 0.493 e. The Morgan fingerprint density at radius 3 is 2.74 bits per heavy atom. The number of rotatable bonds is 3. The number of aryl methyl sites for hydroxylation is 1. The van der Waals surface area contributed by atoms with E-state index in [4.69, 9.17) is 4.74 Å². The first-order chi connectivity index (χ1) is 10.9. The molecule has 0 aromatic heterocycles. The molecular weight excluding hydrogens is 316 g/mol. The number of carbonyl (C=O) groups excluding carboxylic acids is 1. The molecule has 0 atom stereocenters. The number of amides is 1. The van der Waals surface area contributed by atoms with Crippen molar-refractivity contribution in [3.05, 3.63) is 23.8 Å². The van der Waals surface area contributed by atoms with Crippen molar-refractivity contribution in [2.75, 3.05) is 31.3 Å². The van der Waals surface area contributed by atoms with Gasteiger partial charge in [-0.05, 0) is 62.5 Å². The Labute approximate surface area is 136 Å². The van der Waals surface area contributed by atoms with Crippen molar-refractivity contribution in [3.63, 3.8) is 0 Å². The van der Waals surface area contributed by atoms with Crippen molar-refractivity contribution in [2.24, 2.45) is 0 Å². The number of ether oxygens (including phenoxy) is 1. The molecule has 2 heterocycles. The van der Waals surface area contributed by atoms with Gasteiger partial charge in [0.25, 0.3) is 0 Å². The first kappa shape index (κ1) is 16.3. The Bertz CT molecular complexity index is 709. The molecule has 1 aromatic rings. The van der Waals surface area contributed by atoms with Gasteiger partial charge in [-0.25, -0.2) is 8.42 Å². The van der Waals surface area contributed by atoms with Crippen LogP contribution in [-0.2, 0) is 21.1 Å². The molecule has 6 nitrogen and oxygen atoms in total. The molecule has 0 unspecified atom stereocenters. The van der Waals surface area contributed by atoms with E-state index >= 15 is 0 Å². The Kier molecular flexibility index (Phi) is 4.33. The zero-order chi connectivity index (χ0) is 16.5. The zero-order valence-electron chi connectivity index (χ0n) is 13.2. The summed E-state index contributed by atoms with van der Waals surface area (Å²) in [6.07, 6.45) is 3.60. The van der Waals surface area contributed by atoms with Gasteiger partial charge < -0.3 is 15.4 Å². The SMILES string of the molecule is CS(=O)(=O)C1(C(=O)Nc2ccc3c(c2)CCCO3)CCNCC1. The third-order valence-electron chi connectivity index (χ3n) is 4.70. The topological polar surface area (TPSA) is 84.5 Å². The standard InChI is InChI=1S/C16H22N2O4S/c1-23(20,21)16(6-8-17-9-7-16)15(19)18-13-4-5-14-12(11-13)3-2-10-22-14/h4-5,11,17H,2-3,6-10H2,1H3,(H,18,19). The molecule has 0 saturated carbocycles. The van der Waals surface area contributed by atoms with Crippen LogP contribution in [0.2, 0.25) is 0 Å². The van der Waals surface area contributed by atoms with E-state index in [1.807, 2.05) is 12.1 Å². The maximum atomic E-state index is 12.8. The highest BCUT2D eigenvalue weighted by Crippen LogP contribution is 2.31. The number of benzene rings is 1. The second-order valence-electron chi connectivity index (χ2n) is 6.25. The molecule has 23 heavy (non-hydrogen) atoms. The van der Waals surface area contributed by atoms with Crippen LogP contribution in [0.1, 0.15) is 24.8 Å². The third-order valence-corrected chi connectivity index (χ3v) is 6.71. The van der Waals surface area contributed by atoms with Gasteiger partial charge in [0.05, 0.1) is 6.61 Å². The lowest BCUT2D eigenvalue weighted by molar-refractivity contribution is -0.119. The van der Waals surface area contributed by atoms with E-state index < -0.39 is 20.5 Å². The van der Waals surface area contributed by atoms with Gasteiger partial charge in [-0.2, -0.15) is 0 Å². The minimum atomic E-state index is -3.50. The number of carbonyl (C=O) groups is 1. The van der Waals surface area contributed by atoms with E-state index in [-0.39, 0.29) is 0 Å². The van der Waals surface area contributed by atoms with Gasteiger partial charge in [0.2, 0.25) is 5.91 Å². The highest BCUT2D eigenvalue weighted by Gasteiger charge is 2.48. The Balaban J connectivity index is 1.85. The normalized spacial score (nSPS) is 20.2. The van der Waals surface area contributed by atoms with Crippen LogP contribution in [0.5, 0.6) is 5.75 Å². The number of hydrogen-bond acceptors (Lipinski definition) is 5. The van der Waals surface area contributed by atoms with Gasteiger partial charge in [-0.1, -0.05) is 0 Å². The Hall–Kier alpha value is -1.60. The molecule has 2 aliphatic heterocycles. The van der Waals surface area contributed by atoms with Crippen LogP contribution in [0.25, 0.3) is 0 Å². The zero-order valence-corrected chi connectivity index (χ0v) is 14.0. The molecule has 0 radical (unpaired) electrons. The fourth-order valence-electron chi connectivity index (χ4n) is 3.28. The highest BCUT2D eigenvalue weighted by atomic mass is 32.2. The molecule has 1 saturated heterocycles. The van der Waals surface area contributed by atoms with E-state index in [0.717, 1.165) is 30.4 Å². The number of nitrogens with one attached hydrogen (secondary N) is 2. The number of anilines is 1. The summed E-state index contributed by atoms with van der Waals surface area (Å²) in [5.41, 5.74) is 1.67. The first-order valence-corrected chi connectivity index (χ1v) is 9.79. The van der Waals surface area contributed by atoms with Crippen LogP contribution in [-0.4, -0.2) is 45.0 Å². The smallest absolute Gasteiger partial charge is 0.245 e. The average molecular weight is 338 g/mol. The second kappa shape index (κ2) is 6.13. The van der Waals surface area contributed by atoms with Crippen molar-refractivity contribution in [1.29, 1.82) is 0 Å². The van der Waals surface area contributed by atoms with Crippen molar-refractivity contribution < 1.29 is 17.9 Å². The summed E-state index contributed by atoms with van der Waals surface area (Å²) in [6, 6.07) is 5.47. The summed E-state index contributed by atoms with van der Waals surface area (Å²) in [6.45, 7) is 1.76. The summed E-state index contributed by atoms with van der Waals surface area (Å²) in [5.74, 6) is 0.409. The van der Waals surface area contributed by atoms with Gasteiger partial charge in [-0.3, -0.25) is 4.79 Å². The molecule has 2 N–H and O–H groups in total. The molecule has 126 valence electrons. The van der Waals surface area contributed by atoms with Crippen molar-refractivity contribution in [3.8, 4) is 5.75 Å². The van der Waals surface area contributed by atoms with Gasteiger partial charge >= 0.3 is 0 Å². The first-order valence-electron chi connectivity index (χ1n) is 7.90. The second-order valence-corrected chi connectivity index (χ2v) is 8.57. The predicted octanol–water partition coefficient (Wildman–Crippen LogP) is 1.12. The molecule has 0 aliphatic carbocycles. The molecule has 0 bridgehead atoms. The molecule has 1 amide bonds. The maximum Gasteiger partial charge on any atom is 0.245 e. The number of piperidine rings is 1. The molecule has 3 rings (SSSR count). The summed E-state index contributed by atoms with van der Waals surface area (Å²) in [7, 11) is -3.50. The summed E-state index contributed by atoms with van der Waals surface area (Å²) in [4.78, 5) is 12.8. The van der Waals surface area contributed by atoms with E-state index in [0.29, 0.717) is 38.2 Å². The van der Waals surface area contributed by atoms with Crippen LogP contribution in [0.4, 0.5) is 5.69 Å². The third kappa shape index (κ3) is 3.07.